The molecule has 0 unspecified atom stereocenters. The van der Waals surface area contributed by atoms with Crippen molar-refractivity contribution in [3.63, 3.8) is 0 Å². The lowest BCUT2D eigenvalue weighted by atomic mass is 10.4. The van der Waals surface area contributed by atoms with Crippen molar-refractivity contribution in [2.24, 2.45) is 7.05 Å². The molecule has 0 saturated heterocycles. The third kappa shape index (κ3) is 1.52. The van der Waals surface area contributed by atoms with E-state index in [-0.39, 0.29) is 10.2 Å². The van der Waals surface area contributed by atoms with Crippen LogP contribution in [0.25, 0.3) is 0 Å². The van der Waals surface area contributed by atoms with Crippen LogP contribution in [-0.4, -0.2) is 25.8 Å². The standard InChI is InChI=1S/C5H4BrN3O4/c1-8-3(5(10)11)2(6)4(7-8)9(12)13/h1H3,(H,10,11). The third-order valence-corrected chi connectivity index (χ3v) is 2.08. The number of rotatable bonds is 2. The summed E-state index contributed by atoms with van der Waals surface area (Å²) in [6.07, 6.45) is 0. The Bertz CT molecular complexity index is 385. The number of hydrogen-bond donors (Lipinski definition) is 1. The predicted molar refractivity (Wildman–Crippen MR) is 44.5 cm³/mol. The van der Waals surface area contributed by atoms with Gasteiger partial charge < -0.3 is 15.2 Å². The average Bonchev–Trinajstić information content (AvgIpc) is 2.26. The lowest BCUT2D eigenvalue weighted by molar-refractivity contribution is -0.390. The minimum Gasteiger partial charge on any atom is -0.476 e. The molecule has 1 heterocycles. The molecule has 0 aliphatic rings. The molecule has 0 aliphatic carbocycles. The second-order valence-corrected chi connectivity index (χ2v) is 2.97. The van der Waals surface area contributed by atoms with Gasteiger partial charge in [-0.05, 0) is 20.9 Å². The van der Waals surface area contributed by atoms with Gasteiger partial charge in [0.05, 0.1) is 12.1 Å². The summed E-state index contributed by atoms with van der Waals surface area (Å²) >= 11 is 2.80. The molecule has 8 heteroatoms. The second-order valence-electron chi connectivity index (χ2n) is 2.17. The Hall–Kier alpha value is -1.44. The van der Waals surface area contributed by atoms with Gasteiger partial charge in [-0.1, -0.05) is 0 Å². The molecule has 0 amide bonds. The zero-order valence-electron chi connectivity index (χ0n) is 6.39. The quantitative estimate of drug-likeness (QED) is 0.617. The second kappa shape index (κ2) is 3.13. The first kappa shape index (κ1) is 9.65. The molecule has 13 heavy (non-hydrogen) atoms. The van der Waals surface area contributed by atoms with Crippen LogP contribution in [0.15, 0.2) is 4.47 Å². The van der Waals surface area contributed by atoms with Gasteiger partial charge in [0.15, 0.2) is 10.2 Å². The Kier molecular flexibility index (Phi) is 2.32. The Morgan fingerprint density at radius 3 is 2.54 bits per heavy atom. The molecule has 0 atom stereocenters. The largest absolute Gasteiger partial charge is 0.476 e. The molecule has 1 N–H and O–H groups in total. The molecular weight excluding hydrogens is 246 g/mol. The molecule has 1 rings (SSSR count). The number of aryl methyl sites for hydroxylation is 1. The first-order valence-electron chi connectivity index (χ1n) is 3.05. The van der Waals surface area contributed by atoms with E-state index in [9.17, 15) is 14.9 Å². The van der Waals surface area contributed by atoms with Gasteiger partial charge in [-0.2, -0.15) is 4.68 Å². The summed E-state index contributed by atoms with van der Waals surface area (Å²) in [6, 6.07) is 0. The molecule has 0 radical (unpaired) electrons. The average molecular weight is 250 g/mol. The number of aromatic nitrogens is 2. The molecule has 7 nitrogen and oxygen atoms in total. The van der Waals surface area contributed by atoms with Crippen LogP contribution in [0, 0.1) is 10.1 Å². The van der Waals surface area contributed by atoms with Crippen molar-refractivity contribution in [3.8, 4) is 0 Å². The van der Waals surface area contributed by atoms with E-state index in [1.165, 1.54) is 7.05 Å². The van der Waals surface area contributed by atoms with E-state index in [1.807, 2.05) is 0 Å². The summed E-state index contributed by atoms with van der Waals surface area (Å²) in [6.45, 7) is 0. The molecule has 0 aliphatic heterocycles. The monoisotopic (exact) mass is 249 g/mol. The number of halogens is 1. The first-order valence-corrected chi connectivity index (χ1v) is 3.84. The number of nitrogens with zero attached hydrogens (tertiary/aromatic N) is 3. The summed E-state index contributed by atoms with van der Waals surface area (Å²) in [4.78, 5) is 20.1. The number of carboxylic acid groups (broad SMARTS) is 1. The topological polar surface area (TPSA) is 98.3 Å². The highest BCUT2D eigenvalue weighted by atomic mass is 79.9. The van der Waals surface area contributed by atoms with Crippen molar-refractivity contribution < 1.29 is 14.8 Å². The minimum atomic E-state index is -1.27. The highest BCUT2D eigenvalue weighted by Crippen LogP contribution is 2.26. The maximum Gasteiger partial charge on any atom is 0.405 e. The van der Waals surface area contributed by atoms with Crippen LogP contribution in [0.5, 0.6) is 0 Å². The highest BCUT2D eigenvalue weighted by Gasteiger charge is 2.28. The zero-order valence-corrected chi connectivity index (χ0v) is 7.98. The van der Waals surface area contributed by atoms with Gasteiger partial charge in [0.2, 0.25) is 0 Å². The van der Waals surface area contributed by atoms with E-state index in [1.54, 1.807) is 0 Å². The summed E-state index contributed by atoms with van der Waals surface area (Å²) in [7, 11) is 1.32. The maximum atomic E-state index is 10.6. The van der Waals surface area contributed by atoms with Gasteiger partial charge >= 0.3 is 11.8 Å². The van der Waals surface area contributed by atoms with Crippen LogP contribution >= 0.6 is 15.9 Å². The summed E-state index contributed by atoms with van der Waals surface area (Å²) < 4.78 is 0.817. The zero-order chi connectivity index (χ0) is 10.2. The third-order valence-electron chi connectivity index (χ3n) is 1.35. The molecule has 0 bridgehead atoms. The number of nitro groups is 1. The summed E-state index contributed by atoms with van der Waals surface area (Å²) in [5.41, 5.74) is -0.244. The fourth-order valence-electron chi connectivity index (χ4n) is 0.833. The fraction of sp³-hybridized carbons (Fsp3) is 0.200. The SMILES string of the molecule is Cn1nc([N+](=O)[O-])c(Br)c1C(=O)O. The first-order chi connectivity index (χ1) is 5.95. The normalized spacial score (nSPS) is 10.0. The predicted octanol–water partition coefficient (Wildman–Crippen LogP) is 0.789. The van der Waals surface area contributed by atoms with Crippen molar-refractivity contribution in [2.75, 3.05) is 0 Å². The molecule has 0 spiro atoms. The molecule has 0 saturated carbocycles. The Morgan fingerprint density at radius 2 is 2.31 bits per heavy atom. The molecule has 1 aromatic rings. The number of aromatic carboxylic acids is 1. The molecule has 70 valence electrons. The van der Waals surface area contributed by atoms with Gasteiger partial charge in [0.1, 0.15) is 0 Å². The minimum absolute atomic E-state index is 0.118. The maximum absolute atomic E-state index is 10.6. The van der Waals surface area contributed by atoms with Gasteiger partial charge in [0, 0.05) is 0 Å². The van der Waals surface area contributed by atoms with E-state index in [0.717, 1.165) is 4.68 Å². The van der Waals surface area contributed by atoms with E-state index < -0.39 is 16.7 Å². The molecule has 0 fully saturated rings. The van der Waals surface area contributed by atoms with E-state index in [2.05, 4.69) is 21.0 Å². The summed E-state index contributed by atoms with van der Waals surface area (Å²) in [5.74, 6) is -1.77. The van der Waals surface area contributed by atoms with Crippen molar-refractivity contribution in [3.05, 3.63) is 20.3 Å². The lowest BCUT2D eigenvalue weighted by Gasteiger charge is -1.89. The van der Waals surface area contributed by atoms with Gasteiger partial charge in [-0.25, -0.2) is 4.79 Å². The molecule has 1 aromatic heterocycles. The van der Waals surface area contributed by atoms with Crippen molar-refractivity contribution in [1.82, 2.24) is 9.78 Å². The van der Waals surface area contributed by atoms with Crippen LogP contribution in [-0.2, 0) is 7.05 Å². The van der Waals surface area contributed by atoms with E-state index in [0.29, 0.717) is 0 Å². The van der Waals surface area contributed by atoms with Gasteiger partial charge in [-0.3, -0.25) is 0 Å². The number of hydrogen-bond acceptors (Lipinski definition) is 4. The van der Waals surface area contributed by atoms with Crippen molar-refractivity contribution in [2.45, 2.75) is 0 Å². The Balaban J connectivity index is 3.39. The van der Waals surface area contributed by atoms with Gasteiger partial charge in [-0.15, -0.1) is 0 Å². The Morgan fingerprint density at radius 1 is 1.77 bits per heavy atom. The highest BCUT2D eigenvalue weighted by molar-refractivity contribution is 9.10. The van der Waals surface area contributed by atoms with Crippen LogP contribution in [0.2, 0.25) is 0 Å². The Labute approximate surface area is 80.2 Å². The van der Waals surface area contributed by atoms with Crippen molar-refractivity contribution in [1.29, 1.82) is 0 Å². The lowest BCUT2D eigenvalue weighted by Crippen LogP contribution is -2.05. The van der Waals surface area contributed by atoms with Gasteiger partial charge in [0.25, 0.3) is 0 Å². The van der Waals surface area contributed by atoms with Crippen LogP contribution in [0.1, 0.15) is 10.5 Å². The summed E-state index contributed by atoms with van der Waals surface area (Å²) in [5, 5.41) is 22.4. The van der Waals surface area contributed by atoms with E-state index >= 15 is 0 Å². The number of carbonyl (C=O) groups is 1. The molecular formula is C5H4BrN3O4. The number of carboxylic acids is 1. The fourth-order valence-corrected chi connectivity index (χ4v) is 1.48. The van der Waals surface area contributed by atoms with Crippen LogP contribution in [0.4, 0.5) is 5.82 Å². The smallest absolute Gasteiger partial charge is 0.405 e. The van der Waals surface area contributed by atoms with Crippen LogP contribution < -0.4 is 0 Å². The van der Waals surface area contributed by atoms with Crippen LogP contribution in [0.3, 0.4) is 0 Å². The van der Waals surface area contributed by atoms with Crippen molar-refractivity contribution >= 4 is 27.7 Å². The molecule has 0 aromatic carbocycles. The van der Waals surface area contributed by atoms with E-state index in [4.69, 9.17) is 5.11 Å².